The standard InChI is InChI=1S/C10H7BrO2/c11-7-5-13-9-3-1-2-8-10(9)6(7)4-12-8/h1-4,7H,5H2. The second-order valence-electron chi connectivity index (χ2n) is 3.10. The molecule has 0 amide bonds. The summed E-state index contributed by atoms with van der Waals surface area (Å²) in [4.78, 5) is 0.253. The molecule has 2 nitrogen and oxygen atoms in total. The van der Waals surface area contributed by atoms with E-state index in [1.54, 1.807) is 6.26 Å². The largest absolute Gasteiger partial charge is 0.491 e. The molecule has 0 spiro atoms. The van der Waals surface area contributed by atoms with Crippen LogP contribution in [0.1, 0.15) is 10.4 Å². The average Bonchev–Trinajstić information content (AvgIpc) is 2.57. The Hall–Kier alpha value is -0.960. The monoisotopic (exact) mass is 238 g/mol. The van der Waals surface area contributed by atoms with Gasteiger partial charge >= 0.3 is 0 Å². The molecule has 0 bridgehead atoms. The number of hydrogen-bond acceptors (Lipinski definition) is 2. The quantitative estimate of drug-likeness (QED) is 0.658. The maximum Gasteiger partial charge on any atom is 0.137 e. The number of benzene rings is 1. The topological polar surface area (TPSA) is 22.4 Å². The predicted octanol–water partition coefficient (Wildman–Crippen LogP) is 3.26. The molecule has 1 aromatic heterocycles. The van der Waals surface area contributed by atoms with Crippen molar-refractivity contribution in [2.75, 3.05) is 6.61 Å². The Morgan fingerprint density at radius 1 is 1.38 bits per heavy atom. The lowest BCUT2D eigenvalue weighted by molar-refractivity contribution is 0.317. The van der Waals surface area contributed by atoms with Gasteiger partial charge in [0, 0.05) is 5.56 Å². The third-order valence-electron chi connectivity index (χ3n) is 2.31. The maximum atomic E-state index is 5.56. The molecule has 1 aliphatic rings. The smallest absolute Gasteiger partial charge is 0.137 e. The van der Waals surface area contributed by atoms with Crippen LogP contribution in [0.2, 0.25) is 0 Å². The molecule has 1 aromatic carbocycles. The number of rotatable bonds is 0. The molecule has 2 aromatic rings. The van der Waals surface area contributed by atoms with Crippen molar-refractivity contribution < 1.29 is 9.15 Å². The van der Waals surface area contributed by atoms with Crippen LogP contribution < -0.4 is 4.74 Å². The molecular formula is C10H7BrO2. The van der Waals surface area contributed by atoms with Crippen LogP contribution in [-0.2, 0) is 0 Å². The van der Waals surface area contributed by atoms with E-state index in [1.807, 2.05) is 18.2 Å². The minimum atomic E-state index is 0.253. The molecule has 13 heavy (non-hydrogen) atoms. The summed E-state index contributed by atoms with van der Waals surface area (Å²) < 4.78 is 11.0. The molecule has 1 unspecified atom stereocenters. The SMILES string of the molecule is BrC1COc2cccc3occ1c23. The van der Waals surface area contributed by atoms with Crippen LogP contribution in [0.15, 0.2) is 28.9 Å². The van der Waals surface area contributed by atoms with Crippen molar-refractivity contribution in [3.05, 3.63) is 30.0 Å². The average molecular weight is 239 g/mol. The van der Waals surface area contributed by atoms with Crippen molar-refractivity contribution in [3.63, 3.8) is 0 Å². The van der Waals surface area contributed by atoms with Crippen LogP contribution in [0.5, 0.6) is 5.75 Å². The Bertz CT molecular complexity index is 461. The molecule has 1 atom stereocenters. The fourth-order valence-corrected chi connectivity index (χ4v) is 2.15. The fourth-order valence-electron chi connectivity index (χ4n) is 1.68. The van der Waals surface area contributed by atoms with E-state index in [2.05, 4.69) is 15.9 Å². The van der Waals surface area contributed by atoms with Crippen LogP contribution in [0.25, 0.3) is 11.0 Å². The zero-order chi connectivity index (χ0) is 8.84. The zero-order valence-electron chi connectivity index (χ0n) is 6.79. The molecule has 1 aliphatic heterocycles. The van der Waals surface area contributed by atoms with Gasteiger partial charge in [-0.1, -0.05) is 22.0 Å². The van der Waals surface area contributed by atoms with Crippen LogP contribution in [-0.4, -0.2) is 6.61 Å². The summed E-state index contributed by atoms with van der Waals surface area (Å²) in [6, 6.07) is 5.87. The molecule has 0 fully saturated rings. The third kappa shape index (κ3) is 0.936. The molecular weight excluding hydrogens is 232 g/mol. The van der Waals surface area contributed by atoms with E-state index in [4.69, 9.17) is 9.15 Å². The minimum absolute atomic E-state index is 0.253. The van der Waals surface area contributed by atoms with E-state index < -0.39 is 0 Å². The number of hydrogen-bond donors (Lipinski definition) is 0. The summed E-state index contributed by atoms with van der Waals surface area (Å²) in [5.41, 5.74) is 2.09. The molecule has 0 N–H and O–H groups in total. The zero-order valence-corrected chi connectivity index (χ0v) is 8.37. The first kappa shape index (κ1) is 7.44. The number of halogens is 1. The van der Waals surface area contributed by atoms with E-state index in [9.17, 15) is 0 Å². The first-order chi connectivity index (χ1) is 6.36. The van der Waals surface area contributed by atoms with Crippen molar-refractivity contribution in [1.82, 2.24) is 0 Å². The van der Waals surface area contributed by atoms with Crippen molar-refractivity contribution in [2.24, 2.45) is 0 Å². The van der Waals surface area contributed by atoms with Crippen LogP contribution in [0, 0.1) is 0 Å². The van der Waals surface area contributed by atoms with Gasteiger partial charge in [-0.15, -0.1) is 0 Å². The van der Waals surface area contributed by atoms with Gasteiger partial charge in [-0.2, -0.15) is 0 Å². The Labute approximate surface area is 83.6 Å². The first-order valence-electron chi connectivity index (χ1n) is 4.13. The van der Waals surface area contributed by atoms with Crippen LogP contribution >= 0.6 is 15.9 Å². The molecule has 0 radical (unpaired) electrons. The molecule has 0 aliphatic carbocycles. The molecule has 3 rings (SSSR count). The molecule has 66 valence electrons. The minimum Gasteiger partial charge on any atom is -0.491 e. The second kappa shape index (κ2) is 2.51. The highest BCUT2D eigenvalue weighted by Crippen LogP contribution is 2.40. The van der Waals surface area contributed by atoms with E-state index in [0.29, 0.717) is 6.61 Å². The van der Waals surface area contributed by atoms with Gasteiger partial charge in [0.05, 0.1) is 16.5 Å². The third-order valence-corrected chi connectivity index (χ3v) is 3.07. The van der Waals surface area contributed by atoms with Gasteiger partial charge in [0.25, 0.3) is 0 Å². The highest BCUT2D eigenvalue weighted by atomic mass is 79.9. The summed E-state index contributed by atoms with van der Waals surface area (Å²) in [6.45, 7) is 0.672. The fraction of sp³-hybridized carbons (Fsp3) is 0.200. The van der Waals surface area contributed by atoms with Gasteiger partial charge in [-0.05, 0) is 12.1 Å². The predicted molar refractivity (Wildman–Crippen MR) is 53.4 cm³/mol. The summed E-state index contributed by atoms with van der Waals surface area (Å²) in [7, 11) is 0. The lowest BCUT2D eigenvalue weighted by Gasteiger charge is -2.17. The van der Waals surface area contributed by atoms with Gasteiger partial charge in [-0.3, -0.25) is 0 Å². The normalized spacial score (nSPS) is 20.2. The van der Waals surface area contributed by atoms with Gasteiger partial charge in [0.15, 0.2) is 0 Å². The summed E-state index contributed by atoms with van der Waals surface area (Å²) in [5, 5.41) is 1.11. The van der Waals surface area contributed by atoms with E-state index >= 15 is 0 Å². The second-order valence-corrected chi connectivity index (χ2v) is 4.20. The Morgan fingerprint density at radius 2 is 2.31 bits per heavy atom. The van der Waals surface area contributed by atoms with Gasteiger partial charge in [0.1, 0.15) is 17.9 Å². The van der Waals surface area contributed by atoms with Crippen molar-refractivity contribution in [2.45, 2.75) is 4.83 Å². The Balaban J connectivity index is 2.45. The van der Waals surface area contributed by atoms with E-state index in [0.717, 1.165) is 16.7 Å². The first-order valence-corrected chi connectivity index (χ1v) is 5.05. The highest BCUT2D eigenvalue weighted by Gasteiger charge is 2.22. The van der Waals surface area contributed by atoms with Gasteiger partial charge < -0.3 is 9.15 Å². The number of furan rings is 1. The van der Waals surface area contributed by atoms with Crippen LogP contribution in [0.4, 0.5) is 0 Å². The van der Waals surface area contributed by atoms with Crippen molar-refractivity contribution >= 4 is 26.9 Å². The van der Waals surface area contributed by atoms with Gasteiger partial charge in [0.2, 0.25) is 0 Å². The maximum absolute atomic E-state index is 5.56. The lowest BCUT2D eigenvalue weighted by Crippen LogP contribution is -2.09. The summed E-state index contributed by atoms with van der Waals surface area (Å²) in [6.07, 6.45) is 1.80. The van der Waals surface area contributed by atoms with Crippen molar-refractivity contribution in [3.8, 4) is 5.75 Å². The Morgan fingerprint density at radius 3 is 3.23 bits per heavy atom. The summed E-state index contributed by atoms with van der Waals surface area (Å²) >= 11 is 3.54. The highest BCUT2D eigenvalue weighted by molar-refractivity contribution is 9.09. The van der Waals surface area contributed by atoms with E-state index in [-0.39, 0.29) is 4.83 Å². The summed E-state index contributed by atoms with van der Waals surface area (Å²) in [5.74, 6) is 0.928. The molecule has 2 heterocycles. The van der Waals surface area contributed by atoms with Crippen LogP contribution in [0.3, 0.4) is 0 Å². The molecule has 0 saturated carbocycles. The lowest BCUT2D eigenvalue weighted by atomic mass is 10.1. The van der Waals surface area contributed by atoms with Crippen molar-refractivity contribution in [1.29, 1.82) is 0 Å². The van der Waals surface area contributed by atoms with E-state index in [1.165, 1.54) is 5.56 Å². The number of ether oxygens (including phenoxy) is 1. The van der Waals surface area contributed by atoms with Gasteiger partial charge in [-0.25, -0.2) is 0 Å². The number of alkyl halides is 1. The molecule has 0 saturated heterocycles. The Kier molecular flexibility index (Phi) is 1.44. The molecule has 3 heteroatoms.